The standard InChI is InChI=1S/C34H41N3O.ClH/c1-5-6-7-33-36-32(24-37(33)30-15-10-26-18-20-35-23-28(26)22-30)27-11-16-31(17-12-27)38-21-19-25-8-13-29(14-9-25)34(2,3)4;/h8-17,22,24,35H,5-7,18-21,23H2,1-4H3;1H. The van der Waals surface area contributed by atoms with E-state index in [-0.39, 0.29) is 17.8 Å². The molecular weight excluding hydrogens is 502 g/mol. The number of ether oxygens (including phenoxy) is 1. The summed E-state index contributed by atoms with van der Waals surface area (Å²) in [5.74, 6) is 2.02. The first-order chi connectivity index (χ1) is 18.4. The highest BCUT2D eigenvalue weighted by molar-refractivity contribution is 5.85. The van der Waals surface area contributed by atoms with Gasteiger partial charge < -0.3 is 14.6 Å². The fraction of sp³-hybridized carbons (Fsp3) is 0.382. The molecule has 1 N–H and O–H groups in total. The van der Waals surface area contributed by atoms with E-state index >= 15 is 0 Å². The maximum absolute atomic E-state index is 6.07. The highest BCUT2D eigenvalue weighted by atomic mass is 35.5. The van der Waals surface area contributed by atoms with Gasteiger partial charge in [-0.1, -0.05) is 64.4 Å². The monoisotopic (exact) mass is 543 g/mol. The van der Waals surface area contributed by atoms with Crippen molar-refractivity contribution < 1.29 is 4.74 Å². The van der Waals surface area contributed by atoms with E-state index in [9.17, 15) is 0 Å². The molecule has 2 heterocycles. The van der Waals surface area contributed by atoms with Gasteiger partial charge in [-0.05, 0) is 83.5 Å². The van der Waals surface area contributed by atoms with Crippen LogP contribution in [0.4, 0.5) is 0 Å². The average Bonchev–Trinajstić information content (AvgIpc) is 3.36. The van der Waals surface area contributed by atoms with Crippen LogP contribution in [0, 0.1) is 0 Å². The molecule has 4 aromatic rings. The van der Waals surface area contributed by atoms with Crippen molar-refractivity contribution in [2.45, 2.75) is 71.8 Å². The van der Waals surface area contributed by atoms with E-state index in [0.717, 1.165) is 68.0 Å². The topological polar surface area (TPSA) is 39.1 Å². The van der Waals surface area contributed by atoms with Crippen molar-refractivity contribution in [3.8, 4) is 22.7 Å². The molecule has 1 aliphatic heterocycles. The Kier molecular flexibility index (Phi) is 9.53. The number of benzene rings is 3. The molecule has 0 unspecified atom stereocenters. The fourth-order valence-electron chi connectivity index (χ4n) is 5.09. The van der Waals surface area contributed by atoms with E-state index in [1.54, 1.807) is 0 Å². The third-order valence-corrected chi connectivity index (χ3v) is 7.52. The molecule has 1 aliphatic rings. The van der Waals surface area contributed by atoms with Gasteiger partial charge >= 0.3 is 0 Å². The average molecular weight is 544 g/mol. The molecule has 0 fully saturated rings. The molecular formula is C34H42ClN3O. The molecule has 3 aromatic carbocycles. The highest BCUT2D eigenvalue weighted by Gasteiger charge is 2.15. The Morgan fingerprint density at radius 3 is 2.41 bits per heavy atom. The van der Waals surface area contributed by atoms with E-state index in [0.29, 0.717) is 6.61 Å². The Hall–Kier alpha value is -3.08. The van der Waals surface area contributed by atoms with Gasteiger partial charge in [-0.2, -0.15) is 0 Å². The Bertz CT molecular complexity index is 1350. The number of hydrogen-bond donors (Lipinski definition) is 1. The predicted octanol–water partition coefficient (Wildman–Crippen LogP) is 7.87. The molecule has 0 bridgehead atoms. The lowest BCUT2D eigenvalue weighted by molar-refractivity contribution is 0.322. The molecule has 0 saturated heterocycles. The van der Waals surface area contributed by atoms with Crippen LogP contribution in [0.3, 0.4) is 0 Å². The summed E-state index contributed by atoms with van der Waals surface area (Å²) in [7, 11) is 0. The van der Waals surface area contributed by atoms with Gasteiger partial charge in [-0.25, -0.2) is 4.98 Å². The Labute approximate surface area is 240 Å². The molecule has 39 heavy (non-hydrogen) atoms. The SMILES string of the molecule is CCCCc1nc(-c2ccc(OCCc3ccc(C(C)(C)C)cc3)cc2)cn1-c1ccc2c(c1)CNCC2.Cl. The third-order valence-electron chi connectivity index (χ3n) is 7.52. The first-order valence-corrected chi connectivity index (χ1v) is 14.1. The van der Waals surface area contributed by atoms with Crippen molar-refractivity contribution in [3.05, 3.63) is 101 Å². The molecule has 0 radical (unpaired) electrons. The van der Waals surface area contributed by atoms with Crippen molar-refractivity contribution in [2.75, 3.05) is 13.2 Å². The number of nitrogens with one attached hydrogen (secondary N) is 1. The quantitative estimate of drug-likeness (QED) is 0.233. The zero-order valence-corrected chi connectivity index (χ0v) is 24.6. The molecule has 0 spiro atoms. The first-order valence-electron chi connectivity index (χ1n) is 14.1. The van der Waals surface area contributed by atoms with Crippen LogP contribution in [-0.4, -0.2) is 22.7 Å². The molecule has 1 aromatic heterocycles. The second kappa shape index (κ2) is 12.8. The second-order valence-electron chi connectivity index (χ2n) is 11.5. The van der Waals surface area contributed by atoms with Crippen LogP contribution in [0.25, 0.3) is 16.9 Å². The molecule has 0 atom stereocenters. The summed E-state index contributed by atoms with van der Waals surface area (Å²) >= 11 is 0. The largest absolute Gasteiger partial charge is 0.493 e. The maximum atomic E-state index is 6.07. The number of unbranched alkanes of at least 4 members (excludes halogenated alkanes) is 1. The summed E-state index contributed by atoms with van der Waals surface area (Å²) in [6, 6.07) is 24.2. The van der Waals surface area contributed by atoms with E-state index < -0.39 is 0 Å². The minimum atomic E-state index is 0. The molecule has 4 nitrogen and oxygen atoms in total. The molecule has 0 saturated carbocycles. The number of imidazole rings is 1. The van der Waals surface area contributed by atoms with Crippen molar-refractivity contribution in [2.24, 2.45) is 0 Å². The number of fused-ring (bicyclic) bond motifs is 1. The maximum Gasteiger partial charge on any atom is 0.119 e. The van der Waals surface area contributed by atoms with Crippen LogP contribution in [0.2, 0.25) is 0 Å². The molecule has 0 amide bonds. The van der Waals surface area contributed by atoms with Gasteiger partial charge in [0.05, 0.1) is 12.3 Å². The Morgan fingerprint density at radius 2 is 1.69 bits per heavy atom. The summed E-state index contributed by atoms with van der Waals surface area (Å²) in [5, 5.41) is 3.50. The number of rotatable bonds is 9. The van der Waals surface area contributed by atoms with Crippen LogP contribution < -0.4 is 10.1 Å². The van der Waals surface area contributed by atoms with Crippen LogP contribution >= 0.6 is 12.4 Å². The molecule has 0 aliphatic carbocycles. The van der Waals surface area contributed by atoms with Gasteiger partial charge in [0, 0.05) is 36.8 Å². The number of hydrogen-bond acceptors (Lipinski definition) is 3. The summed E-state index contributed by atoms with van der Waals surface area (Å²) in [5.41, 5.74) is 9.04. The first kappa shape index (κ1) is 28.9. The lowest BCUT2D eigenvalue weighted by atomic mass is 9.86. The van der Waals surface area contributed by atoms with E-state index in [2.05, 4.69) is 111 Å². The number of halogens is 1. The minimum absolute atomic E-state index is 0. The molecule has 5 rings (SSSR count). The van der Waals surface area contributed by atoms with Crippen molar-refractivity contribution in [1.29, 1.82) is 0 Å². The van der Waals surface area contributed by atoms with Gasteiger partial charge in [-0.3, -0.25) is 0 Å². The number of nitrogens with zero attached hydrogens (tertiary/aromatic N) is 2. The van der Waals surface area contributed by atoms with Gasteiger partial charge in [0.2, 0.25) is 0 Å². The van der Waals surface area contributed by atoms with Gasteiger partial charge in [0.1, 0.15) is 11.6 Å². The number of aryl methyl sites for hydroxylation is 1. The predicted molar refractivity (Wildman–Crippen MR) is 165 cm³/mol. The smallest absolute Gasteiger partial charge is 0.119 e. The van der Waals surface area contributed by atoms with Crippen molar-refractivity contribution in [1.82, 2.24) is 14.9 Å². The molecule has 5 heteroatoms. The summed E-state index contributed by atoms with van der Waals surface area (Å²) in [4.78, 5) is 5.07. The zero-order valence-electron chi connectivity index (χ0n) is 23.8. The molecule has 206 valence electrons. The normalized spacial score (nSPS) is 13.0. The summed E-state index contributed by atoms with van der Waals surface area (Å²) in [6.45, 7) is 11.6. The van der Waals surface area contributed by atoms with Crippen LogP contribution in [0.5, 0.6) is 5.75 Å². The van der Waals surface area contributed by atoms with Gasteiger partial charge in [-0.15, -0.1) is 12.4 Å². The van der Waals surface area contributed by atoms with E-state index in [1.807, 2.05) is 0 Å². The Balaban J connectivity index is 0.00000353. The van der Waals surface area contributed by atoms with Crippen molar-refractivity contribution in [3.63, 3.8) is 0 Å². The fourth-order valence-corrected chi connectivity index (χ4v) is 5.09. The van der Waals surface area contributed by atoms with Crippen LogP contribution in [0.15, 0.2) is 72.9 Å². The van der Waals surface area contributed by atoms with Crippen molar-refractivity contribution >= 4 is 12.4 Å². The van der Waals surface area contributed by atoms with Crippen LogP contribution in [-0.2, 0) is 31.2 Å². The second-order valence-corrected chi connectivity index (χ2v) is 11.5. The van der Waals surface area contributed by atoms with E-state index in [4.69, 9.17) is 9.72 Å². The summed E-state index contributed by atoms with van der Waals surface area (Å²) < 4.78 is 8.36. The van der Waals surface area contributed by atoms with Crippen LogP contribution in [0.1, 0.15) is 68.6 Å². The van der Waals surface area contributed by atoms with E-state index in [1.165, 1.54) is 27.9 Å². The summed E-state index contributed by atoms with van der Waals surface area (Å²) in [6.07, 6.45) is 7.46. The van der Waals surface area contributed by atoms with Gasteiger partial charge in [0.15, 0.2) is 0 Å². The zero-order chi connectivity index (χ0) is 26.5. The lowest BCUT2D eigenvalue weighted by Crippen LogP contribution is -2.23. The highest BCUT2D eigenvalue weighted by Crippen LogP contribution is 2.27. The number of aromatic nitrogens is 2. The Morgan fingerprint density at radius 1 is 0.923 bits per heavy atom. The lowest BCUT2D eigenvalue weighted by Gasteiger charge is -2.19. The van der Waals surface area contributed by atoms with Gasteiger partial charge in [0.25, 0.3) is 0 Å². The minimum Gasteiger partial charge on any atom is -0.493 e. The third kappa shape index (κ3) is 7.12.